The number of thiophene rings is 1. The van der Waals surface area contributed by atoms with Gasteiger partial charge >= 0.3 is 11.7 Å². The topological polar surface area (TPSA) is 110 Å². The lowest BCUT2D eigenvalue weighted by Gasteiger charge is -2.11. The SMILES string of the molecule is CCOC(=O)c1cc(-c2ccc(C=NN(C)c3cc(=O)n(C)c(=O)[nH]3)o2)cs1. The van der Waals surface area contributed by atoms with Gasteiger partial charge in [-0.05, 0) is 25.1 Å². The fourth-order valence-electron chi connectivity index (χ4n) is 2.28. The molecule has 0 saturated carbocycles. The summed E-state index contributed by atoms with van der Waals surface area (Å²) in [6, 6.07) is 6.47. The average Bonchev–Trinajstić information content (AvgIpc) is 3.33. The lowest BCUT2D eigenvalue weighted by atomic mass is 10.2. The zero-order valence-electron chi connectivity index (χ0n) is 15.5. The van der Waals surface area contributed by atoms with Crippen molar-refractivity contribution in [2.24, 2.45) is 12.1 Å². The standard InChI is InChI=1S/C18H18N4O5S/c1-4-26-17(24)14-7-11(10-28-14)13-6-5-12(27-13)9-19-22(3)15-8-16(23)21(2)18(25)20-15/h5-10H,4H2,1-3H3,(H,20,25). The van der Waals surface area contributed by atoms with Crippen LogP contribution < -0.4 is 16.3 Å². The molecule has 146 valence electrons. The van der Waals surface area contributed by atoms with E-state index in [0.29, 0.717) is 23.0 Å². The Morgan fingerprint density at radius 2 is 2.18 bits per heavy atom. The van der Waals surface area contributed by atoms with Crippen LogP contribution in [0.25, 0.3) is 11.3 Å². The van der Waals surface area contributed by atoms with Crippen LogP contribution in [0.5, 0.6) is 0 Å². The van der Waals surface area contributed by atoms with Crippen molar-refractivity contribution in [3.63, 3.8) is 0 Å². The van der Waals surface area contributed by atoms with Crippen molar-refractivity contribution in [3.05, 3.63) is 61.1 Å². The molecule has 3 heterocycles. The largest absolute Gasteiger partial charge is 0.462 e. The number of ether oxygens (including phenoxy) is 1. The predicted octanol–water partition coefficient (Wildman–Crippen LogP) is 2.04. The number of aromatic amines is 1. The Bertz CT molecular complexity index is 1110. The first kappa shape index (κ1) is 19.4. The first-order chi connectivity index (χ1) is 13.4. The second-order valence-corrected chi connectivity index (χ2v) is 6.66. The number of furan rings is 1. The van der Waals surface area contributed by atoms with Gasteiger partial charge in [0.1, 0.15) is 22.2 Å². The number of aromatic nitrogens is 2. The van der Waals surface area contributed by atoms with Gasteiger partial charge in [-0.1, -0.05) is 0 Å². The Kier molecular flexibility index (Phi) is 5.59. The number of nitrogens with zero attached hydrogens (tertiary/aromatic N) is 3. The molecule has 0 unspecified atom stereocenters. The van der Waals surface area contributed by atoms with E-state index < -0.39 is 11.2 Å². The minimum Gasteiger partial charge on any atom is -0.462 e. The molecule has 0 spiro atoms. The molecule has 28 heavy (non-hydrogen) atoms. The van der Waals surface area contributed by atoms with Crippen molar-refractivity contribution in [2.45, 2.75) is 6.92 Å². The molecule has 3 aromatic rings. The quantitative estimate of drug-likeness (QED) is 0.384. The van der Waals surface area contributed by atoms with Crippen LogP contribution in [-0.2, 0) is 11.8 Å². The maximum absolute atomic E-state index is 11.8. The van der Waals surface area contributed by atoms with E-state index in [-0.39, 0.29) is 11.8 Å². The van der Waals surface area contributed by atoms with E-state index >= 15 is 0 Å². The van der Waals surface area contributed by atoms with Gasteiger partial charge in [0.2, 0.25) is 0 Å². The highest BCUT2D eigenvalue weighted by Crippen LogP contribution is 2.27. The van der Waals surface area contributed by atoms with Crippen molar-refractivity contribution >= 4 is 29.3 Å². The third kappa shape index (κ3) is 4.12. The Balaban J connectivity index is 1.75. The number of H-pyrrole nitrogens is 1. The molecule has 0 atom stereocenters. The Morgan fingerprint density at radius 3 is 2.89 bits per heavy atom. The van der Waals surface area contributed by atoms with Gasteiger partial charge < -0.3 is 9.15 Å². The average molecular weight is 402 g/mol. The second kappa shape index (κ2) is 8.09. The predicted molar refractivity (Wildman–Crippen MR) is 106 cm³/mol. The molecule has 0 saturated heterocycles. The van der Waals surface area contributed by atoms with E-state index in [1.165, 1.54) is 35.7 Å². The molecule has 10 heteroatoms. The number of carbonyl (C=O) groups is 1. The summed E-state index contributed by atoms with van der Waals surface area (Å²) in [4.78, 5) is 38.2. The number of hydrogen-bond acceptors (Lipinski definition) is 8. The lowest BCUT2D eigenvalue weighted by Crippen LogP contribution is -2.33. The number of hydrazone groups is 1. The van der Waals surface area contributed by atoms with Crippen LogP contribution in [-0.4, -0.2) is 35.4 Å². The molecule has 0 aliphatic rings. The van der Waals surface area contributed by atoms with Crippen LogP contribution in [0, 0.1) is 0 Å². The first-order valence-electron chi connectivity index (χ1n) is 8.33. The molecule has 0 aliphatic carbocycles. The van der Waals surface area contributed by atoms with E-state index in [4.69, 9.17) is 9.15 Å². The summed E-state index contributed by atoms with van der Waals surface area (Å²) in [5.41, 5.74) is -0.201. The van der Waals surface area contributed by atoms with Crippen LogP contribution in [0.4, 0.5) is 5.82 Å². The van der Waals surface area contributed by atoms with Crippen LogP contribution >= 0.6 is 11.3 Å². The summed E-state index contributed by atoms with van der Waals surface area (Å²) in [5, 5.41) is 7.33. The summed E-state index contributed by atoms with van der Waals surface area (Å²) < 4.78 is 11.7. The molecule has 0 amide bonds. The van der Waals surface area contributed by atoms with Crippen LogP contribution in [0.15, 0.2) is 48.8 Å². The number of anilines is 1. The number of rotatable bonds is 6. The van der Waals surface area contributed by atoms with Crippen molar-refractivity contribution in [1.82, 2.24) is 9.55 Å². The molecular weight excluding hydrogens is 384 g/mol. The number of carbonyl (C=O) groups excluding carboxylic acids is 1. The molecule has 0 aromatic carbocycles. The van der Waals surface area contributed by atoms with Crippen LogP contribution in [0.1, 0.15) is 22.4 Å². The van der Waals surface area contributed by atoms with Gasteiger partial charge in [-0.25, -0.2) is 9.59 Å². The summed E-state index contributed by atoms with van der Waals surface area (Å²) in [6.07, 6.45) is 1.46. The summed E-state index contributed by atoms with van der Waals surface area (Å²) in [7, 11) is 2.98. The number of nitrogens with one attached hydrogen (secondary N) is 1. The number of hydrogen-bond donors (Lipinski definition) is 1. The summed E-state index contributed by atoms with van der Waals surface area (Å²) in [6.45, 7) is 2.07. The van der Waals surface area contributed by atoms with Crippen molar-refractivity contribution in [1.29, 1.82) is 0 Å². The van der Waals surface area contributed by atoms with Gasteiger partial charge in [-0.3, -0.25) is 19.4 Å². The molecule has 3 aromatic heterocycles. The molecule has 0 aliphatic heterocycles. The second-order valence-electron chi connectivity index (χ2n) is 5.75. The van der Waals surface area contributed by atoms with Crippen LogP contribution in [0.3, 0.4) is 0 Å². The van der Waals surface area contributed by atoms with Crippen molar-refractivity contribution in [3.8, 4) is 11.3 Å². The van der Waals surface area contributed by atoms with E-state index in [9.17, 15) is 14.4 Å². The number of esters is 1. The van der Waals surface area contributed by atoms with Gasteiger partial charge in [-0.2, -0.15) is 5.10 Å². The molecule has 0 fully saturated rings. The summed E-state index contributed by atoms with van der Waals surface area (Å²) in [5.74, 6) is 0.944. The van der Waals surface area contributed by atoms with Gasteiger partial charge in [0, 0.05) is 31.1 Å². The highest BCUT2D eigenvalue weighted by Gasteiger charge is 2.13. The Labute approximate surface area is 163 Å². The molecule has 0 bridgehead atoms. The minimum absolute atomic E-state index is 0.257. The zero-order chi connectivity index (χ0) is 20.3. The normalized spacial score (nSPS) is 11.1. The molecular formula is C18H18N4O5S. The monoisotopic (exact) mass is 402 g/mol. The fraction of sp³-hybridized carbons (Fsp3) is 0.222. The minimum atomic E-state index is -0.528. The maximum atomic E-state index is 11.8. The Hall–Kier alpha value is -3.40. The smallest absolute Gasteiger partial charge is 0.348 e. The maximum Gasteiger partial charge on any atom is 0.348 e. The van der Waals surface area contributed by atoms with Crippen molar-refractivity contribution < 1.29 is 13.9 Å². The first-order valence-corrected chi connectivity index (χ1v) is 9.21. The highest BCUT2D eigenvalue weighted by molar-refractivity contribution is 7.12. The van der Waals surface area contributed by atoms with E-state index in [2.05, 4.69) is 10.1 Å². The molecule has 3 rings (SSSR count). The fourth-order valence-corrected chi connectivity index (χ4v) is 3.06. The zero-order valence-corrected chi connectivity index (χ0v) is 16.3. The van der Waals surface area contributed by atoms with E-state index in [1.807, 2.05) is 5.38 Å². The molecule has 1 N–H and O–H groups in total. The summed E-state index contributed by atoms with van der Waals surface area (Å²) >= 11 is 1.28. The van der Waals surface area contributed by atoms with Crippen molar-refractivity contribution in [2.75, 3.05) is 18.7 Å². The Morgan fingerprint density at radius 1 is 1.39 bits per heavy atom. The van der Waals surface area contributed by atoms with Gasteiger partial charge in [0.15, 0.2) is 0 Å². The van der Waals surface area contributed by atoms with Crippen LogP contribution in [0.2, 0.25) is 0 Å². The third-order valence-electron chi connectivity index (χ3n) is 3.82. The molecule has 9 nitrogen and oxygen atoms in total. The highest BCUT2D eigenvalue weighted by atomic mass is 32.1. The lowest BCUT2D eigenvalue weighted by molar-refractivity contribution is 0.0532. The van der Waals surface area contributed by atoms with Gasteiger partial charge in [0.25, 0.3) is 5.56 Å². The van der Waals surface area contributed by atoms with Gasteiger partial charge in [-0.15, -0.1) is 11.3 Å². The van der Waals surface area contributed by atoms with Gasteiger partial charge in [0.05, 0.1) is 12.8 Å². The molecule has 0 radical (unpaired) electrons. The van der Waals surface area contributed by atoms with E-state index in [0.717, 1.165) is 10.1 Å². The third-order valence-corrected chi connectivity index (χ3v) is 4.73. The van der Waals surface area contributed by atoms with E-state index in [1.54, 1.807) is 32.2 Å².